The van der Waals surface area contributed by atoms with E-state index in [0.717, 1.165) is 36.2 Å². The van der Waals surface area contributed by atoms with E-state index in [1.807, 2.05) is 24.3 Å². The van der Waals surface area contributed by atoms with Crippen LogP contribution in [0.4, 0.5) is 11.8 Å². The number of piperazine rings is 1. The van der Waals surface area contributed by atoms with Crippen molar-refractivity contribution in [2.24, 2.45) is 0 Å². The van der Waals surface area contributed by atoms with Gasteiger partial charge in [-0.1, -0.05) is 28.1 Å². The standard InChI is InChI=1S/C20H22BrN5O2S/c1-24-11-13-26(14-12-24)20-22-18-6-4-3-5-17(18)19(23-20)25(2)29(27,28)16-9-7-15(21)8-10-16/h3-10H,11-14H2,1-2H3. The molecule has 0 N–H and O–H groups in total. The van der Waals surface area contributed by atoms with Gasteiger partial charge in [0.15, 0.2) is 5.82 Å². The van der Waals surface area contributed by atoms with Crippen LogP contribution in [0.25, 0.3) is 10.9 Å². The highest BCUT2D eigenvalue weighted by Crippen LogP contribution is 2.30. The van der Waals surface area contributed by atoms with Gasteiger partial charge in [-0.25, -0.2) is 13.4 Å². The summed E-state index contributed by atoms with van der Waals surface area (Å²) in [7, 11) is -0.134. The van der Waals surface area contributed by atoms with Gasteiger partial charge in [-0.15, -0.1) is 0 Å². The molecule has 2 heterocycles. The van der Waals surface area contributed by atoms with Crippen LogP contribution in [0.1, 0.15) is 0 Å². The molecule has 1 aliphatic rings. The SMILES string of the molecule is CN1CCN(c2nc(N(C)S(=O)(=O)c3ccc(Br)cc3)c3ccccc3n2)CC1. The molecule has 0 bridgehead atoms. The zero-order chi connectivity index (χ0) is 20.6. The van der Waals surface area contributed by atoms with Crippen molar-refractivity contribution >= 4 is 48.6 Å². The summed E-state index contributed by atoms with van der Waals surface area (Å²) in [5.74, 6) is 0.942. The number of aromatic nitrogens is 2. The Labute approximate surface area is 179 Å². The monoisotopic (exact) mass is 475 g/mol. The van der Waals surface area contributed by atoms with Crippen molar-refractivity contribution in [2.75, 3.05) is 49.5 Å². The van der Waals surface area contributed by atoms with Crippen molar-refractivity contribution in [3.8, 4) is 0 Å². The Morgan fingerprint density at radius 1 is 0.966 bits per heavy atom. The van der Waals surface area contributed by atoms with Crippen LogP contribution in [0.3, 0.4) is 0 Å². The van der Waals surface area contributed by atoms with Gasteiger partial charge >= 0.3 is 0 Å². The molecule has 0 spiro atoms. The Kier molecular flexibility index (Phi) is 5.46. The van der Waals surface area contributed by atoms with Gasteiger partial charge < -0.3 is 9.80 Å². The van der Waals surface area contributed by atoms with E-state index in [4.69, 9.17) is 9.97 Å². The topological polar surface area (TPSA) is 69.6 Å². The Hall–Kier alpha value is -2.23. The van der Waals surface area contributed by atoms with E-state index in [2.05, 4.69) is 32.8 Å². The van der Waals surface area contributed by atoms with Gasteiger partial charge in [0, 0.05) is 43.1 Å². The fourth-order valence-corrected chi connectivity index (χ4v) is 4.74. The smallest absolute Gasteiger partial charge is 0.265 e. The van der Waals surface area contributed by atoms with E-state index < -0.39 is 10.0 Å². The number of hydrogen-bond donors (Lipinski definition) is 0. The molecule has 0 unspecified atom stereocenters. The first-order chi connectivity index (χ1) is 13.9. The molecule has 1 saturated heterocycles. The third-order valence-electron chi connectivity index (χ3n) is 5.13. The minimum absolute atomic E-state index is 0.215. The summed E-state index contributed by atoms with van der Waals surface area (Å²) in [6.45, 7) is 3.44. The first kappa shape index (κ1) is 20.1. The van der Waals surface area contributed by atoms with Crippen molar-refractivity contribution < 1.29 is 8.42 Å². The van der Waals surface area contributed by atoms with Crippen molar-refractivity contribution in [3.63, 3.8) is 0 Å². The molecule has 29 heavy (non-hydrogen) atoms. The second-order valence-electron chi connectivity index (χ2n) is 7.08. The summed E-state index contributed by atoms with van der Waals surface area (Å²) < 4.78 is 28.6. The molecular weight excluding hydrogens is 454 g/mol. The maximum absolute atomic E-state index is 13.2. The number of nitrogens with zero attached hydrogens (tertiary/aromatic N) is 5. The number of likely N-dealkylation sites (N-methyl/N-ethyl adjacent to an activating group) is 1. The van der Waals surface area contributed by atoms with Gasteiger partial charge in [0.2, 0.25) is 5.95 Å². The quantitative estimate of drug-likeness (QED) is 0.577. The van der Waals surface area contributed by atoms with Crippen LogP contribution in [0.2, 0.25) is 0 Å². The molecule has 1 fully saturated rings. The number of rotatable bonds is 4. The lowest BCUT2D eigenvalue weighted by atomic mass is 10.2. The lowest BCUT2D eigenvalue weighted by Crippen LogP contribution is -2.45. The summed E-state index contributed by atoms with van der Waals surface area (Å²) in [4.78, 5) is 14.0. The highest BCUT2D eigenvalue weighted by Gasteiger charge is 2.26. The Bertz CT molecular complexity index is 1130. The molecular formula is C20H22BrN5O2S. The van der Waals surface area contributed by atoms with Crippen LogP contribution >= 0.6 is 15.9 Å². The van der Waals surface area contributed by atoms with Gasteiger partial charge in [0.1, 0.15) is 0 Å². The summed E-state index contributed by atoms with van der Waals surface area (Å²) in [5, 5.41) is 0.702. The van der Waals surface area contributed by atoms with E-state index in [1.165, 1.54) is 4.31 Å². The van der Waals surface area contributed by atoms with E-state index in [1.54, 1.807) is 31.3 Å². The minimum atomic E-state index is -3.76. The van der Waals surface area contributed by atoms with Gasteiger partial charge in [-0.05, 0) is 43.4 Å². The number of fused-ring (bicyclic) bond motifs is 1. The molecule has 0 atom stereocenters. The van der Waals surface area contributed by atoms with Gasteiger partial charge in [0.05, 0.1) is 10.4 Å². The van der Waals surface area contributed by atoms with Crippen LogP contribution in [-0.2, 0) is 10.0 Å². The Morgan fingerprint density at radius 2 is 1.62 bits per heavy atom. The van der Waals surface area contributed by atoms with E-state index in [-0.39, 0.29) is 4.90 Å². The fraction of sp³-hybridized carbons (Fsp3) is 0.300. The van der Waals surface area contributed by atoms with E-state index in [9.17, 15) is 8.42 Å². The zero-order valence-electron chi connectivity index (χ0n) is 16.3. The van der Waals surface area contributed by atoms with Crippen molar-refractivity contribution in [3.05, 3.63) is 53.0 Å². The lowest BCUT2D eigenvalue weighted by molar-refractivity contribution is 0.311. The van der Waals surface area contributed by atoms with E-state index >= 15 is 0 Å². The molecule has 1 aliphatic heterocycles. The van der Waals surface area contributed by atoms with Crippen molar-refractivity contribution in [1.29, 1.82) is 0 Å². The fourth-order valence-electron chi connectivity index (χ4n) is 3.31. The number of benzene rings is 2. The molecule has 2 aromatic carbocycles. The number of para-hydroxylation sites is 1. The lowest BCUT2D eigenvalue weighted by Gasteiger charge is -2.33. The maximum atomic E-state index is 13.2. The van der Waals surface area contributed by atoms with Gasteiger partial charge in [-0.2, -0.15) is 4.98 Å². The Balaban J connectivity index is 1.80. The van der Waals surface area contributed by atoms with Crippen LogP contribution < -0.4 is 9.21 Å². The van der Waals surface area contributed by atoms with Crippen molar-refractivity contribution in [1.82, 2.24) is 14.9 Å². The third kappa shape index (κ3) is 3.94. The molecule has 0 aliphatic carbocycles. The van der Waals surface area contributed by atoms with Gasteiger partial charge in [0.25, 0.3) is 10.0 Å². The van der Waals surface area contributed by atoms with Crippen LogP contribution in [-0.4, -0.2) is 63.6 Å². The summed E-state index contributed by atoms with van der Waals surface area (Å²) >= 11 is 3.35. The average molecular weight is 476 g/mol. The van der Waals surface area contributed by atoms with Crippen LogP contribution in [0.15, 0.2) is 57.9 Å². The predicted molar refractivity (Wildman–Crippen MR) is 119 cm³/mol. The third-order valence-corrected chi connectivity index (χ3v) is 7.42. The van der Waals surface area contributed by atoms with Crippen LogP contribution in [0, 0.1) is 0 Å². The molecule has 4 rings (SSSR count). The van der Waals surface area contributed by atoms with Crippen molar-refractivity contribution in [2.45, 2.75) is 4.90 Å². The zero-order valence-corrected chi connectivity index (χ0v) is 18.7. The molecule has 1 aromatic heterocycles. The average Bonchev–Trinajstić information content (AvgIpc) is 2.73. The Morgan fingerprint density at radius 3 is 2.31 bits per heavy atom. The van der Waals surface area contributed by atoms with Crippen LogP contribution in [0.5, 0.6) is 0 Å². The highest BCUT2D eigenvalue weighted by atomic mass is 79.9. The maximum Gasteiger partial charge on any atom is 0.265 e. The largest absolute Gasteiger partial charge is 0.338 e. The molecule has 3 aromatic rings. The second kappa shape index (κ2) is 7.89. The number of halogens is 1. The molecule has 7 nitrogen and oxygen atoms in total. The second-order valence-corrected chi connectivity index (χ2v) is 9.97. The summed E-state index contributed by atoms with van der Waals surface area (Å²) in [6.07, 6.45) is 0. The first-order valence-corrected chi connectivity index (χ1v) is 11.5. The molecule has 9 heteroatoms. The highest BCUT2D eigenvalue weighted by molar-refractivity contribution is 9.10. The molecule has 0 amide bonds. The first-order valence-electron chi connectivity index (χ1n) is 9.31. The molecule has 0 radical (unpaired) electrons. The van der Waals surface area contributed by atoms with E-state index in [0.29, 0.717) is 17.2 Å². The summed E-state index contributed by atoms with van der Waals surface area (Å²) in [6, 6.07) is 14.1. The number of anilines is 2. The normalized spacial score (nSPS) is 15.6. The van der Waals surface area contributed by atoms with Gasteiger partial charge in [-0.3, -0.25) is 4.31 Å². The molecule has 152 valence electrons. The predicted octanol–water partition coefficient (Wildman–Crippen LogP) is 2.97. The molecule has 0 saturated carbocycles. The number of sulfonamides is 1. The minimum Gasteiger partial charge on any atom is -0.338 e. The summed E-state index contributed by atoms with van der Waals surface area (Å²) in [5.41, 5.74) is 0.726. The number of hydrogen-bond acceptors (Lipinski definition) is 6.